The molecule has 226 valence electrons. The summed E-state index contributed by atoms with van der Waals surface area (Å²) in [5.41, 5.74) is 9.66. The number of ether oxygens (including phenoxy) is 1. The molecule has 8 rings (SSSR count). The number of para-hydroxylation sites is 1. The van der Waals surface area contributed by atoms with E-state index in [1.54, 1.807) is 48.3 Å². The van der Waals surface area contributed by atoms with Gasteiger partial charge in [0, 0.05) is 18.5 Å². The number of likely N-dealkylation sites (N-methyl/N-ethyl adjacent to an activating group) is 1. The van der Waals surface area contributed by atoms with Gasteiger partial charge in [-0.05, 0) is 59.8 Å². The Kier molecular flexibility index (Phi) is 7.00. The predicted molar refractivity (Wildman–Crippen MR) is 168 cm³/mol. The van der Waals surface area contributed by atoms with Gasteiger partial charge in [-0.3, -0.25) is 9.59 Å². The molecule has 0 aliphatic carbocycles. The SMILES string of the molecule is CN1C(=O)C[C@]23C[C@]4(c5ccc(OCCCN=[N+]=[N-])cc5)c5ccccc5N(S(=O)(=O)c5ccccc5)[C@@H]4N2C(=O)[C@@H]1SS3. The Bertz CT molecular complexity index is 1800. The van der Waals surface area contributed by atoms with Crippen molar-refractivity contribution in [3.05, 3.63) is 100 Å². The smallest absolute Gasteiger partial charge is 0.266 e. The van der Waals surface area contributed by atoms with E-state index in [1.165, 1.54) is 30.8 Å². The van der Waals surface area contributed by atoms with Crippen LogP contribution in [0.5, 0.6) is 5.75 Å². The van der Waals surface area contributed by atoms with Crippen molar-refractivity contribution >= 4 is 49.1 Å². The van der Waals surface area contributed by atoms with E-state index in [4.69, 9.17) is 10.3 Å². The number of rotatable bonds is 8. The maximum atomic E-state index is 14.6. The van der Waals surface area contributed by atoms with Gasteiger partial charge in [0.05, 0.1) is 29.0 Å². The lowest BCUT2D eigenvalue weighted by atomic mass is 9.72. The molecular weight excluding hydrogens is 621 g/mol. The molecule has 3 aromatic carbocycles. The zero-order valence-corrected chi connectivity index (χ0v) is 26.1. The van der Waals surface area contributed by atoms with Crippen molar-refractivity contribution in [1.82, 2.24) is 9.80 Å². The van der Waals surface area contributed by atoms with Crippen LogP contribution in [-0.4, -0.2) is 66.6 Å². The van der Waals surface area contributed by atoms with Crippen molar-refractivity contribution in [2.75, 3.05) is 24.5 Å². The number of hydrogen-bond donors (Lipinski definition) is 0. The van der Waals surface area contributed by atoms with Crippen LogP contribution in [-0.2, 0) is 25.0 Å². The quantitative estimate of drug-likeness (QED) is 0.109. The summed E-state index contributed by atoms with van der Waals surface area (Å²) in [5.74, 6) is 0.204. The number of carbonyl (C=O) groups excluding carboxylic acids is 2. The second-order valence-corrected chi connectivity index (χ2v) is 15.7. The lowest BCUT2D eigenvalue weighted by Gasteiger charge is -2.45. The fourth-order valence-corrected chi connectivity index (χ4v) is 12.1. The van der Waals surface area contributed by atoms with Crippen LogP contribution in [0, 0.1) is 0 Å². The van der Waals surface area contributed by atoms with Crippen molar-refractivity contribution < 1.29 is 22.7 Å². The van der Waals surface area contributed by atoms with Gasteiger partial charge in [-0.1, -0.05) is 75.2 Å². The minimum absolute atomic E-state index is 0.0788. The minimum atomic E-state index is -4.15. The Balaban J connectivity index is 1.41. The summed E-state index contributed by atoms with van der Waals surface area (Å²) in [6.45, 7) is 0.701. The van der Waals surface area contributed by atoms with E-state index < -0.39 is 31.8 Å². The topological polar surface area (TPSA) is 136 Å². The predicted octanol–water partition coefficient (Wildman–Crippen LogP) is 5.10. The van der Waals surface area contributed by atoms with E-state index in [9.17, 15) is 18.0 Å². The largest absolute Gasteiger partial charge is 0.494 e. The van der Waals surface area contributed by atoms with Gasteiger partial charge in [0.2, 0.25) is 5.91 Å². The minimum Gasteiger partial charge on any atom is -0.494 e. The molecule has 44 heavy (non-hydrogen) atoms. The molecule has 14 heteroatoms. The summed E-state index contributed by atoms with van der Waals surface area (Å²) < 4.78 is 36.5. The Labute approximate surface area is 262 Å². The van der Waals surface area contributed by atoms with E-state index >= 15 is 0 Å². The lowest BCUT2D eigenvalue weighted by molar-refractivity contribution is -0.138. The number of anilines is 1. The number of hydrogen-bond acceptors (Lipinski definition) is 8. The molecule has 0 aromatic heterocycles. The number of carbonyl (C=O) groups is 2. The molecule has 5 aliphatic rings. The third kappa shape index (κ3) is 4.12. The van der Waals surface area contributed by atoms with Crippen LogP contribution in [0.1, 0.15) is 30.4 Å². The highest BCUT2D eigenvalue weighted by Gasteiger charge is 2.73. The van der Waals surface area contributed by atoms with Crippen molar-refractivity contribution in [3.8, 4) is 5.75 Å². The van der Waals surface area contributed by atoms with Crippen molar-refractivity contribution in [2.24, 2.45) is 5.11 Å². The first-order chi connectivity index (χ1) is 21.2. The molecule has 0 radical (unpaired) electrons. The van der Waals surface area contributed by atoms with Gasteiger partial charge in [0.1, 0.15) is 16.8 Å². The van der Waals surface area contributed by atoms with E-state index in [-0.39, 0.29) is 23.1 Å². The fourth-order valence-electron chi connectivity index (χ4n) is 6.95. The van der Waals surface area contributed by atoms with Crippen LogP contribution in [0.3, 0.4) is 0 Å². The molecular formula is C30H28N6O5S3. The summed E-state index contributed by atoms with van der Waals surface area (Å²) in [6.07, 6.45) is 0.0544. The number of benzene rings is 3. The Morgan fingerprint density at radius 2 is 1.77 bits per heavy atom. The lowest BCUT2D eigenvalue weighted by Crippen LogP contribution is -2.60. The highest BCUT2D eigenvalue weighted by Crippen LogP contribution is 2.69. The number of amides is 2. The average Bonchev–Trinajstić information content (AvgIpc) is 3.42. The first kappa shape index (κ1) is 28.9. The van der Waals surface area contributed by atoms with Gasteiger partial charge in [0.25, 0.3) is 15.9 Å². The highest BCUT2D eigenvalue weighted by atomic mass is 33.1. The first-order valence-electron chi connectivity index (χ1n) is 14.1. The molecule has 3 aromatic rings. The second kappa shape index (κ2) is 10.7. The van der Waals surface area contributed by atoms with Gasteiger partial charge in [-0.15, -0.1) is 0 Å². The maximum Gasteiger partial charge on any atom is 0.266 e. The molecule has 4 atom stereocenters. The van der Waals surface area contributed by atoms with Crippen molar-refractivity contribution in [3.63, 3.8) is 0 Å². The van der Waals surface area contributed by atoms with Crippen LogP contribution in [0.4, 0.5) is 5.69 Å². The monoisotopic (exact) mass is 648 g/mol. The molecule has 5 aliphatic heterocycles. The van der Waals surface area contributed by atoms with Gasteiger partial charge in [-0.2, -0.15) is 0 Å². The van der Waals surface area contributed by atoms with Gasteiger partial charge >= 0.3 is 0 Å². The van der Waals surface area contributed by atoms with Crippen LogP contribution < -0.4 is 9.04 Å². The molecule has 2 bridgehead atoms. The Hall–Kier alpha value is -3.84. The first-order valence-corrected chi connectivity index (χ1v) is 17.8. The van der Waals surface area contributed by atoms with Crippen LogP contribution in [0.15, 0.2) is 88.9 Å². The Morgan fingerprint density at radius 1 is 1.05 bits per heavy atom. The standard InChI is InChI=1S/C30H28N6O5S3/c1-34-25(37)18-29-19-30(20-12-14-21(15-13-20)41-17-7-16-32-33-31)23-10-5-6-11-24(23)36(44(39,40)22-8-3-2-4-9-22)28(30)35(29)26(38)27(34)42-43-29/h2-6,8-15,27-28H,7,16-19H2,1H3/t27-,28-,29-,30-/m0/s1. The van der Waals surface area contributed by atoms with Gasteiger partial charge < -0.3 is 14.5 Å². The van der Waals surface area contributed by atoms with Crippen LogP contribution in [0.25, 0.3) is 10.4 Å². The van der Waals surface area contributed by atoms with Gasteiger partial charge in [0.15, 0.2) is 5.37 Å². The number of sulfonamides is 1. The number of azide groups is 1. The van der Waals surface area contributed by atoms with E-state index in [1.807, 2.05) is 42.5 Å². The van der Waals surface area contributed by atoms with Crippen LogP contribution in [0.2, 0.25) is 0 Å². The summed E-state index contributed by atoms with van der Waals surface area (Å²) in [5, 5.41) is 2.78. The molecule has 0 saturated carbocycles. The third-order valence-corrected chi connectivity index (χ3v) is 14.0. The molecule has 4 fully saturated rings. The fraction of sp³-hybridized carbons (Fsp3) is 0.333. The molecule has 0 unspecified atom stereocenters. The zero-order chi connectivity index (χ0) is 30.7. The molecule has 2 amide bonds. The zero-order valence-electron chi connectivity index (χ0n) is 23.6. The molecule has 11 nitrogen and oxygen atoms in total. The molecule has 4 saturated heterocycles. The van der Waals surface area contributed by atoms with E-state index in [0.717, 1.165) is 11.1 Å². The number of nitrogens with zero attached hydrogens (tertiary/aromatic N) is 6. The van der Waals surface area contributed by atoms with Crippen molar-refractivity contribution in [1.29, 1.82) is 0 Å². The molecule has 1 spiro atoms. The third-order valence-electron chi connectivity index (χ3n) is 8.84. The Morgan fingerprint density at radius 3 is 2.52 bits per heavy atom. The number of fused-ring (bicyclic) bond motifs is 6. The molecule has 0 N–H and O–H groups in total. The van der Waals surface area contributed by atoms with Crippen molar-refractivity contribution in [2.45, 2.75) is 46.0 Å². The normalized spacial score (nSPS) is 27.0. The average molecular weight is 649 g/mol. The molecule has 5 heterocycles. The summed E-state index contributed by atoms with van der Waals surface area (Å²) in [7, 11) is 0.357. The summed E-state index contributed by atoms with van der Waals surface area (Å²) >= 11 is 0. The highest BCUT2D eigenvalue weighted by molar-refractivity contribution is 8.77. The second-order valence-electron chi connectivity index (χ2n) is 11.2. The summed E-state index contributed by atoms with van der Waals surface area (Å²) in [6, 6.07) is 23.2. The van der Waals surface area contributed by atoms with Crippen LogP contribution >= 0.6 is 21.6 Å². The van der Waals surface area contributed by atoms with Gasteiger partial charge in [-0.25, -0.2) is 12.7 Å². The summed E-state index contributed by atoms with van der Waals surface area (Å²) in [4.78, 5) is 32.9. The maximum absolute atomic E-state index is 14.6. The van der Waals surface area contributed by atoms with E-state index in [0.29, 0.717) is 37.4 Å². The van der Waals surface area contributed by atoms with E-state index in [2.05, 4.69) is 10.0 Å².